The quantitative estimate of drug-likeness (QED) is 0.669. The second-order valence-electron chi connectivity index (χ2n) is 3.27. The van der Waals surface area contributed by atoms with E-state index in [1.165, 1.54) is 0 Å². The van der Waals surface area contributed by atoms with Gasteiger partial charge in [0.2, 0.25) is 0 Å². The summed E-state index contributed by atoms with van der Waals surface area (Å²) in [6, 6.07) is 3.26. The van der Waals surface area contributed by atoms with Gasteiger partial charge in [0.1, 0.15) is 17.7 Å². The highest BCUT2D eigenvalue weighted by Crippen LogP contribution is 2.26. The molecule has 16 heavy (non-hydrogen) atoms. The van der Waals surface area contributed by atoms with Crippen LogP contribution < -0.4 is 5.73 Å². The van der Waals surface area contributed by atoms with Crippen molar-refractivity contribution in [1.29, 1.82) is 5.26 Å². The predicted molar refractivity (Wildman–Crippen MR) is 52.0 cm³/mol. The first-order valence-corrected chi connectivity index (χ1v) is 4.45. The van der Waals surface area contributed by atoms with Crippen LogP contribution in [0.5, 0.6) is 0 Å². The Morgan fingerprint density at radius 2 is 1.81 bits per heavy atom. The van der Waals surface area contributed by atoms with Gasteiger partial charge in [-0.15, -0.1) is 0 Å². The molecular formula is C10H10F2N2O2. The number of hydrogen-bond acceptors (Lipinski definition) is 4. The first-order valence-electron chi connectivity index (χ1n) is 4.45. The van der Waals surface area contributed by atoms with Crippen LogP contribution in [0.2, 0.25) is 0 Å². The number of hydrogen-bond donors (Lipinski definition) is 3. The molecule has 0 aromatic heterocycles. The number of halogens is 2. The highest BCUT2D eigenvalue weighted by molar-refractivity contribution is 5.42. The van der Waals surface area contributed by atoms with Gasteiger partial charge >= 0.3 is 0 Å². The summed E-state index contributed by atoms with van der Waals surface area (Å²) in [5.74, 6) is -2.11. The zero-order valence-electron chi connectivity index (χ0n) is 8.19. The lowest BCUT2D eigenvalue weighted by Crippen LogP contribution is -2.20. The van der Waals surface area contributed by atoms with E-state index in [4.69, 9.17) is 11.0 Å². The van der Waals surface area contributed by atoms with Crippen LogP contribution >= 0.6 is 0 Å². The number of nitrogen functional groups attached to an aromatic ring is 1. The van der Waals surface area contributed by atoms with Crippen LogP contribution in [0.25, 0.3) is 0 Å². The maximum Gasteiger partial charge on any atom is 0.134 e. The number of aliphatic hydroxyl groups excluding tert-OH is 2. The smallest absolute Gasteiger partial charge is 0.134 e. The molecule has 1 rings (SSSR count). The number of rotatable bonds is 3. The topological polar surface area (TPSA) is 90.3 Å². The largest absolute Gasteiger partial charge is 0.399 e. The molecule has 0 aliphatic rings. The lowest BCUT2D eigenvalue weighted by Gasteiger charge is -2.17. The third-order valence-corrected chi connectivity index (χ3v) is 2.06. The number of nitriles is 1. The first-order chi connectivity index (χ1) is 7.47. The van der Waals surface area contributed by atoms with Gasteiger partial charge in [0.05, 0.1) is 24.2 Å². The fourth-order valence-corrected chi connectivity index (χ4v) is 1.28. The van der Waals surface area contributed by atoms with E-state index in [0.717, 1.165) is 12.1 Å². The number of nitrogens with zero attached hydrogens (tertiary/aromatic N) is 1. The number of nitrogens with two attached hydrogens (primary N) is 1. The summed E-state index contributed by atoms with van der Waals surface area (Å²) in [7, 11) is 0. The molecule has 0 radical (unpaired) electrons. The van der Waals surface area contributed by atoms with E-state index in [1.807, 2.05) is 0 Å². The van der Waals surface area contributed by atoms with Crippen LogP contribution in [-0.2, 0) is 0 Å². The van der Waals surface area contributed by atoms with Gasteiger partial charge in [-0.3, -0.25) is 0 Å². The van der Waals surface area contributed by atoms with Crippen molar-refractivity contribution < 1.29 is 19.0 Å². The van der Waals surface area contributed by atoms with Crippen molar-refractivity contribution in [3.8, 4) is 6.07 Å². The predicted octanol–water partition coefficient (Wildman–Crippen LogP) is 0.855. The maximum atomic E-state index is 13.3. The molecule has 0 amide bonds. The van der Waals surface area contributed by atoms with E-state index in [-0.39, 0.29) is 5.69 Å². The van der Waals surface area contributed by atoms with Crippen molar-refractivity contribution >= 4 is 5.69 Å². The van der Waals surface area contributed by atoms with Gasteiger partial charge < -0.3 is 15.9 Å². The highest BCUT2D eigenvalue weighted by Gasteiger charge is 2.25. The molecule has 0 bridgehead atoms. The Morgan fingerprint density at radius 3 is 2.25 bits per heavy atom. The van der Waals surface area contributed by atoms with E-state index in [1.54, 1.807) is 6.07 Å². The number of aliphatic hydroxyl groups is 2. The van der Waals surface area contributed by atoms with E-state index in [0.29, 0.717) is 0 Å². The fourth-order valence-electron chi connectivity index (χ4n) is 1.28. The van der Waals surface area contributed by atoms with Crippen molar-refractivity contribution in [1.82, 2.24) is 0 Å². The second-order valence-corrected chi connectivity index (χ2v) is 3.27. The molecule has 0 saturated heterocycles. The van der Waals surface area contributed by atoms with Crippen molar-refractivity contribution in [3.05, 3.63) is 29.3 Å². The van der Waals surface area contributed by atoms with Crippen molar-refractivity contribution in [2.45, 2.75) is 18.6 Å². The molecule has 4 N–H and O–H groups in total. The number of benzene rings is 1. The SMILES string of the molecule is N#CCC(O)C(O)c1c(F)cc(N)cc1F. The minimum atomic E-state index is -1.79. The summed E-state index contributed by atoms with van der Waals surface area (Å²) in [6.45, 7) is 0. The van der Waals surface area contributed by atoms with Crippen LogP contribution in [0.15, 0.2) is 12.1 Å². The van der Waals surface area contributed by atoms with E-state index in [9.17, 15) is 19.0 Å². The van der Waals surface area contributed by atoms with Gasteiger partial charge in [-0.25, -0.2) is 8.78 Å². The molecule has 0 saturated carbocycles. The standard InChI is InChI=1S/C10H10F2N2O2/c11-6-3-5(14)4-7(12)9(6)10(16)8(15)1-2-13/h3-4,8,10,15-16H,1,14H2. The minimum absolute atomic E-state index is 0.124. The molecule has 0 spiro atoms. The lowest BCUT2D eigenvalue weighted by molar-refractivity contribution is 0.0172. The summed E-state index contributed by atoms with van der Waals surface area (Å²) in [5, 5.41) is 27.0. The molecule has 4 nitrogen and oxygen atoms in total. The van der Waals surface area contributed by atoms with Crippen LogP contribution in [0.3, 0.4) is 0 Å². The average molecular weight is 228 g/mol. The lowest BCUT2D eigenvalue weighted by atomic mass is 10.0. The van der Waals surface area contributed by atoms with Gasteiger partial charge in [-0.1, -0.05) is 0 Å². The Hall–Kier alpha value is -1.71. The normalized spacial score (nSPS) is 14.2. The molecule has 1 aromatic carbocycles. The summed E-state index contributed by atoms with van der Waals surface area (Å²) in [4.78, 5) is 0. The van der Waals surface area contributed by atoms with E-state index < -0.39 is 35.8 Å². The number of anilines is 1. The molecule has 86 valence electrons. The molecular weight excluding hydrogens is 218 g/mol. The van der Waals surface area contributed by atoms with Crippen molar-refractivity contribution in [2.75, 3.05) is 5.73 Å². The molecule has 0 aliphatic heterocycles. The van der Waals surface area contributed by atoms with Crippen LogP contribution in [-0.4, -0.2) is 16.3 Å². The summed E-state index contributed by atoms with van der Waals surface area (Å²) in [5.41, 5.74) is 4.38. The van der Waals surface area contributed by atoms with Gasteiger partial charge in [-0.05, 0) is 12.1 Å². The van der Waals surface area contributed by atoms with Gasteiger partial charge in [0.15, 0.2) is 0 Å². The molecule has 1 aromatic rings. The van der Waals surface area contributed by atoms with Crippen molar-refractivity contribution in [3.63, 3.8) is 0 Å². The first kappa shape index (κ1) is 12.4. The molecule has 2 unspecified atom stereocenters. The second kappa shape index (κ2) is 4.88. The Kier molecular flexibility index (Phi) is 3.77. The highest BCUT2D eigenvalue weighted by atomic mass is 19.1. The summed E-state index contributed by atoms with van der Waals surface area (Å²) < 4.78 is 26.6. The molecule has 0 heterocycles. The van der Waals surface area contributed by atoms with Crippen LogP contribution in [0, 0.1) is 23.0 Å². The Bertz CT molecular complexity index is 408. The average Bonchev–Trinajstić information content (AvgIpc) is 2.16. The zero-order valence-corrected chi connectivity index (χ0v) is 8.19. The summed E-state index contributed by atoms with van der Waals surface area (Å²) >= 11 is 0. The third-order valence-electron chi connectivity index (χ3n) is 2.06. The third kappa shape index (κ3) is 2.45. The molecule has 6 heteroatoms. The minimum Gasteiger partial charge on any atom is -0.399 e. The Morgan fingerprint density at radius 1 is 1.31 bits per heavy atom. The van der Waals surface area contributed by atoms with Crippen molar-refractivity contribution in [2.24, 2.45) is 0 Å². The van der Waals surface area contributed by atoms with Gasteiger partial charge in [-0.2, -0.15) is 5.26 Å². The van der Waals surface area contributed by atoms with E-state index in [2.05, 4.69) is 0 Å². The zero-order chi connectivity index (χ0) is 12.3. The monoisotopic (exact) mass is 228 g/mol. The molecule has 0 aliphatic carbocycles. The van der Waals surface area contributed by atoms with E-state index >= 15 is 0 Å². The fraction of sp³-hybridized carbons (Fsp3) is 0.300. The molecule has 0 fully saturated rings. The van der Waals surface area contributed by atoms with Gasteiger partial charge in [0, 0.05) is 5.69 Å². The summed E-state index contributed by atoms with van der Waals surface area (Å²) in [6.07, 6.45) is -3.76. The van der Waals surface area contributed by atoms with Crippen LogP contribution in [0.1, 0.15) is 18.1 Å². The Balaban J connectivity index is 3.09. The maximum absolute atomic E-state index is 13.3. The molecule has 2 atom stereocenters. The Labute approximate surface area is 90.5 Å². The van der Waals surface area contributed by atoms with Gasteiger partial charge in [0.25, 0.3) is 0 Å². The van der Waals surface area contributed by atoms with Crippen LogP contribution in [0.4, 0.5) is 14.5 Å².